The van der Waals surface area contributed by atoms with Gasteiger partial charge in [0.25, 0.3) is 0 Å². The Kier molecular flexibility index (Phi) is 7.56. The third-order valence-electron chi connectivity index (χ3n) is 2.91. The first kappa shape index (κ1) is 19.2. The zero-order chi connectivity index (χ0) is 16.0. The minimum atomic E-state index is -0.460. The third kappa shape index (κ3) is 11.1. The van der Waals surface area contributed by atoms with Crippen LogP contribution >= 0.6 is 0 Å². The minimum Gasteiger partial charge on any atom is -0.444 e. The summed E-state index contributed by atoms with van der Waals surface area (Å²) in [6.07, 6.45) is 2.01. The fraction of sp³-hybridized carbons (Fsp3) is 0.938. The summed E-state index contributed by atoms with van der Waals surface area (Å²) in [4.78, 5) is 11.8. The van der Waals surface area contributed by atoms with Gasteiger partial charge in [-0.1, -0.05) is 13.8 Å². The molecule has 0 saturated heterocycles. The van der Waals surface area contributed by atoms with E-state index in [1.54, 1.807) is 0 Å². The summed E-state index contributed by atoms with van der Waals surface area (Å²) in [5, 5.41) is 6.39. The van der Waals surface area contributed by atoms with Gasteiger partial charge in [-0.3, -0.25) is 0 Å². The molecular weight excluding hydrogens is 252 g/mol. The molecule has 0 aromatic heterocycles. The van der Waals surface area contributed by atoms with E-state index in [0.717, 1.165) is 18.9 Å². The molecule has 0 saturated carbocycles. The van der Waals surface area contributed by atoms with Crippen molar-refractivity contribution in [2.45, 2.75) is 85.4 Å². The SMILES string of the molecule is CC(C)CCC(C)NCC(C)(C)NC(=O)OC(C)(C)C. The molecule has 0 fully saturated rings. The van der Waals surface area contributed by atoms with Crippen molar-refractivity contribution in [3.63, 3.8) is 0 Å². The normalized spacial score (nSPS) is 14.2. The summed E-state index contributed by atoms with van der Waals surface area (Å²) in [5.74, 6) is 0.729. The number of ether oxygens (including phenoxy) is 1. The summed E-state index contributed by atoms with van der Waals surface area (Å²) in [6.45, 7) is 17.0. The molecule has 0 spiro atoms. The number of alkyl carbamates (subject to hydrolysis) is 1. The van der Waals surface area contributed by atoms with Crippen LogP contribution in [0.5, 0.6) is 0 Å². The van der Waals surface area contributed by atoms with E-state index in [1.807, 2.05) is 34.6 Å². The molecule has 0 aromatic rings. The zero-order valence-corrected chi connectivity index (χ0v) is 14.6. The van der Waals surface area contributed by atoms with Crippen LogP contribution in [0.1, 0.15) is 68.2 Å². The summed E-state index contributed by atoms with van der Waals surface area (Å²) in [6, 6.07) is 0.456. The Balaban J connectivity index is 4.09. The number of hydrogen-bond acceptors (Lipinski definition) is 3. The van der Waals surface area contributed by atoms with E-state index in [9.17, 15) is 4.79 Å². The van der Waals surface area contributed by atoms with E-state index < -0.39 is 5.60 Å². The van der Waals surface area contributed by atoms with Gasteiger partial charge < -0.3 is 15.4 Å². The Morgan fingerprint density at radius 3 is 2.05 bits per heavy atom. The molecule has 0 rings (SSSR count). The Morgan fingerprint density at radius 2 is 1.60 bits per heavy atom. The second kappa shape index (κ2) is 7.87. The van der Waals surface area contributed by atoms with Crippen molar-refractivity contribution in [1.29, 1.82) is 0 Å². The largest absolute Gasteiger partial charge is 0.444 e. The van der Waals surface area contributed by atoms with Gasteiger partial charge in [0, 0.05) is 12.6 Å². The lowest BCUT2D eigenvalue weighted by molar-refractivity contribution is 0.0470. The molecule has 2 N–H and O–H groups in total. The van der Waals surface area contributed by atoms with E-state index >= 15 is 0 Å². The van der Waals surface area contributed by atoms with Gasteiger partial charge in [0.1, 0.15) is 5.60 Å². The van der Waals surface area contributed by atoms with Gasteiger partial charge in [0.15, 0.2) is 0 Å². The van der Waals surface area contributed by atoms with Gasteiger partial charge in [0.2, 0.25) is 0 Å². The molecule has 0 radical (unpaired) electrons. The standard InChI is InChI=1S/C16H34N2O2/c1-12(2)9-10-13(3)17-11-16(7,8)18-14(19)20-15(4,5)6/h12-13,17H,9-11H2,1-8H3,(H,18,19). The van der Waals surface area contributed by atoms with Crippen LogP contribution in [0.4, 0.5) is 4.79 Å². The maximum Gasteiger partial charge on any atom is 0.408 e. The highest BCUT2D eigenvalue weighted by atomic mass is 16.6. The molecular formula is C16H34N2O2. The Morgan fingerprint density at radius 1 is 1.05 bits per heavy atom. The summed E-state index contributed by atoms with van der Waals surface area (Å²) in [7, 11) is 0. The molecule has 4 heteroatoms. The van der Waals surface area contributed by atoms with Crippen LogP contribution < -0.4 is 10.6 Å². The lowest BCUT2D eigenvalue weighted by Crippen LogP contribution is -2.52. The van der Waals surface area contributed by atoms with E-state index in [2.05, 4.69) is 31.4 Å². The van der Waals surface area contributed by atoms with Gasteiger partial charge in [-0.05, 0) is 60.3 Å². The highest BCUT2D eigenvalue weighted by molar-refractivity contribution is 5.68. The molecule has 1 unspecified atom stereocenters. The first-order valence-corrected chi connectivity index (χ1v) is 7.66. The predicted molar refractivity (Wildman–Crippen MR) is 85.0 cm³/mol. The van der Waals surface area contributed by atoms with Gasteiger partial charge >= 0.3 is 6.09 Å². The highest BCUT2D eigenvalue weighted by Gasteiger charge is 2.24. The molecule has 0 heterocycles. The van der Waals surface area contributed by atoms with Crippen molar-refractivity contribution >= 4 is 6.09 Å². The molecule has 1 atom stereocenters. The van der Waals surface area contributed by atoms with Crippen LogP contribution in [0.25, 0.3) is 0 Å². The quantitative estimate of drug-likeness (QED) is 0.750. The van der Waals surface area contributed by atoms with Crippen molar-refractivity contribution in [1.82, 2.24) is 10.6 Å². The van der Waals surface area contributed by atoms with Gasteiger partial charge in [-0.25, -0.2) is 4.79 Å². The second-order valence-corrected chi connectivity index (χ2v) is 7.76. The van der Waals surface area contributed by atoms with Crippen molar-refractivity contribution in [3.05, 3.63) is 0 Å². The average Bonchev–Trinajstić information content (AvgIpc) is 2.19. The molecule has 4 nitrogen and oxygen atoms in total. The van der Waals surface area contributed by atoms with Gasteiger partial charge in [-0.15, -0.1) is 0 Å². The minimum absolute atomic E-state index is 0.325. The van der Waals surface area contributed by atoms with Crippen LogP contribution in [-0.2, 0) is 4.74 Å². The molecule has 0 aliphatic heterocycles. The molecule has 0 aromatic carbocycles. The summed E-state index contributed by atoms with van der Waals surface area (Å²) in [5.41, 5.74) is -0.785. The van der Waals surface area contributed by atoms with Crippen LogP contribution in [0.2, 0.25) is 0 Å². The predicted octanol–water partition coefficient (Wildman–Crippen LogP) is 3.70. The van der Waals surface area contributed by atoms with Crippen molar-refractivity contribution in [2.24, 2.45) is 5.92 Å². The molecule has 0 bridgehead atoms. The number of amides is 1. The Bertz CT molecular complexity index is 293. The highest BCUT2D eigenvalue weighted by Crippen LogP contribution is 2.10. The fourth-order valence-electron chi connectivity index (χ4n) is 1.74. The van der Waals surface area contributed by atoms with Crippen LogP contribution in [0, 0.1) is 5.92 Å². The topological polar surface area (TPSA) is 50.4 Å². The van der Waals surface area contributed by atoms with Crippen LogP contribution in [0.15, 0.2) is 0 Å². The number of carbonyl (C=O) groups is 1. The molecule has 0 aliphatic rings. The summed E-state index contributed by atoms with van der Waals surface area (Å²) < 4.78 is 5.28. The number of carbonyl (C=O) groups excluding carboxylic acids is 1. The van der Waals surface area contributed by atoms with E-state index in [1.165, 1.54) is 6.42 Å². The van der Waals surface area contributed by atoms with Crippen molar-refractivity contribution in [2.75, 3.05) is 6.54 Å². The first-order valence-electron chi connectivity index (χ1n) is 7.66. The van der Waals surface area contributed by atoms with Gasteiger partial charge in [0.05, 0.1) is 5.54 Å². The smallest absolute Gasteiger partial charge is 0.408 e. The van der Waals surface area contributed by atoms with E-state index in [-0.39, 0.29) is 11.6 Å². The molecule has 120 valence electrons. The first-order chi connectivity index (χ1) is 8.91. The fourth-order valence-corrected chi connectivity index (χ4v) is 1.74. The second-order valence-electron chi connectivity index (χ2n) is 7.76. The summed E-state index contributed by atoms with van der Waals surface area (Å²) >= 11 is 0. The van der Waals surface area contributed by atoms with Crippen molar-refractivity contribution < 1.29 is 9.53 Å². The van der Waals surface area contributed by atoms with Crippen LogP contribution in [-0.4, -0.2) is 29.8 Å². The average molecular weight is 286 g/mol. The number of rotatable bonds is 7. The molecule has 0 aliphatic carbocycles. The van der Waals surface area contributed by atoms with Gasteiger partial charge in [-0.2, -0.15) is 0 Å². The Labute approximate surface area is 125 Å². The monoisotopic (exact) mass is 286 g/mol. The third-order valence-corrected chi connectivity index (χ3v) is 2.91. The van der Waals surface area contributed by atoms with Crippen molar-refractivity contribution in [3.8, 4) is 0 Å². The van der Waals surface area contributed by atoms with E-state index in [0.29, 0.717) is 6.04 Å². The lowest BCUT2D eigenvalue weighted by Gasteiger charge is -2.30. The zero-order valence-electron chi connectivity index (χ0n) is 14.6. The van der Waals surface area contributed by atoms with Crippen LogP contribution in [0.3, 0.4) is 0 Å². The maximum absolute atomic E-state index is 11.8. The number of hydrogen-bond donors (Lipinski definition) is 2. The molecule has 20 heavy (non-hydrogen) atoms. The lowest BCUT2D eigenvalue weighted by atomic mass is 10.0. The Hall–Kier alpha value is -0.770. The number of nitrogens with one attached hydrogen (secondary N) is 2. The maximum atomic E-state index is 11.8. The van der Waals surface area contributed by atoms with E-state index in [4.69, 9.17) is 4.74 Å². The molecule has 1 amide bonds.